The largest absolute Gasteiger partial charge is 0.394 e. The van der Waals surface area contributed by atoms with Crippen molar-refractivity contribution in [3.05, 3.63) is 0 Å². The van der Waals surface area contributed by atoms with E-state index in [1.54, 1.807) is 18.0 Å². The smallest absolute Gasteiger partial charge is 0.246 e. The van der Waals surface area contributed by atoms with Crippen LogP contribution in [-0.4, -0.2) is 55.7 Å². The van der Waals surface area contributed by atoms with Crippen LogP contribution in [0.4, 0.5) is 4.11 Å². The van der Waals surface area contributed by atoms with E-state index in [2.05, 4.69) is 13.8 Å². The molecule has 2 heterocycles. The zero-order valence-corrected chi connectivity index (χ0v) is 18.8. The molecule has 1 amide bonds. The lowest BCUT2D eigenvalue weighted by Gasteiger charge is -2.30. The number of halogens is 1. The van der Waals surface area contributed by atoms with Gasteiger partial charge in [-0.15, -0.1) is 0 Å². The Labute approximate surface area is 166 Å². The predicted octanol–water partition coefficient (Wildman–Crippen LogP) is 4.67. The van der Waals surface area contributed by atoms with Gasteiger partial charge in [0.2, 0.25) is 14.3 Å². The normalized spacial score (nSPS) is 31.6. The minimum Gasteiger partial charge on any atom is -0.394 e. The van der Waals surface area contributed by atoms with Gasteiger partial charge in [0.05, 0.1) is 31.3 Å². The molecule has 2 fully saturated rings. The van der Waals surface area contributed by atoms with Gasteiger partial charge in [0.1, 0.15) is 0 Å². The SMILES string of the molecule is CCCCCCC[C@@H]1O[C@H](CC(=O)N2CCC[C@H]2CO)[C@@H]([Si](C)(C)F)[C@@H]1C. The summed E-state index contributed by atoms with van der Waals surface area (Å²) in [6.45, 7) is 8.56. The van der Waals surface area contributed by atoms with Gasteiger partial charge in [-0.2, -0.15) is 0 Å². The van der Waals surface area contributed by atoms with E-state index in [1.807, 2.05) is 0 Å². The molecule has 0 saturated carbocycles. The fourth-order valence-electron chi connectivity index (χ4n) is 5.17. The van der Waals surface area contributed by atoms with E-state index in [0.29, 0.717) is 6.54 Å². The van der Waals surface area contributed by atoms with Crippen molar-refractivity contribution in [2.45, 2.75) is 109 Å². The van der Waals surface area contributed by atoms with Crippen LogP contribution >= 0.6 is 0 Å². The van der Waals surface area contributed by atoms with Crippen LogP contribution in [0.3, 0.4) is 0 Å². The molecule has 158 valence electrons. The molecular formula is C21H40FNO3Si. The molecular weight excluding hydrogens is 361 g/mol. The average Bonchev–Trinajstić information content (AvgIpc) is 3.18. The molecule has 4 nitrogen and oxygen atoms in total. The van der Waals surface area contributed by atoms with Crippen molar-refractivity contribution in [1.82, 2.24) is 4.90 Å². The highest BCUT2D eigenvalue weighted by Gasteiger charge is 2.51. The van der Waals surface area contributed by atoms with E-state index in [1.165, 1.54) is 25.7 Å². The highest BCUT2D eigenvalue weighted by molar-refractivity contribution is 6.72. The van der Waals surface area contributed by atoms with Gasteiger partial charge in [0.25, 0.3) is 0 Å². The Morgan fingerprint density at radius 1 is 1.22 bits per heavy atom. The number of carbonyl (C=O) groups is 1. The molecule has 0 aromatic rings. The molecule has 1 N–H and O–H groups in total. The Bertz CT molecular complexity index is 471. The van der Waals surface area contributed by atoms with E-state index in [9.17, 15) is 9.90 Å². The van der Waals surface area contributed by atoms with Gasteiger partial charge in [-0.25, -0.2) is 0 Å². The van der Waals surface area contributed by atoms with Gasteiger partial charge in [-0.1, -0.05) is 46.0 Å². The van der Waals surface area contributed by atoms with Gasteiger partial charge in [0.15, 0.2) is 0 Å². The molecule has 0 bridgehead atoms. The summed E-state index contributed by atoms with van der Waals surface area (Å²) in [6.07, 6.45) is 8.88. The number of unbranched alkanes of at least 4 members (excludes halogenated alkanes) is 4. The van der Waals surface area contributed by atoms with Crippen LogP contribution in [-0.2, 0) is 9.53 Å². The van der Waals surface area contributed by atoms with E-state index in [-0.39, 0.29) is 48.6 Å². The second-order valence-corrected chi connectivity index (χ2v) is 12.9. The van der Waals surface area contributed by atoms with Crippen LogP contribution in [0.2, 0.25) is 18.6 Å². The summed E-state index contributed by atoms with van der Waals surface area (Å²) >= 11 is 0. The van der Waals surface area contributed by atoms with E-state index in [0.717, 1.165) is 25.7 Å². The van der Waals surface area contributed by atoms with Crippen LogP contribution in [0.5, 0.6) is 0 Å². The maximum absolute atomic E-state index is 15.1. The van der Waals surface area contributed by atoms with Crippen molar-refractivity contribution >= 4 is 14.3 Å². The fourth-order valence-corrected chi connectivity index (χ4v) is 7.71. The number of rotatable bonds is 10. The maximum Gasteiger partial charge on any atom is 0.246 e. The molecule has 2 aliphatic heterocycles. The summed E-state index contributed by atoms with van der Waals surface area (Å²) in [4.78, 5) is 14.6. The number of ether oxygens (including phenoxy) is 1. The Morgan fingerprint density at radius 3 is 2.56 bits per heavy atom. The van der Waals surface area contributed by atoms with Crippen molar-refractivity contribution in [1.29, 1.82) is 0 Å². The molecule has 0 spiro atoms. The van der Waals surface area contributed by atoms with Crippen molar-refractivity contribution in [2.24, 2.45) is 5.92 Å². The van der Waals surface area contributed by atoms with Gasteiger partial charge >= 0.3 is 0 Å². The van der Waals surface area contributed by atoms with E-state index >= 15 is 4.11 Å². The molecule has 5 atom stereocenters. The molecule has 0 radical (unpaired) electrons. The first-order valence-electron chi connectivity index (χ1n) is 11.0. The Hall–Kier alpha value is -0.463. The summed E-state index contributed by atoms with van der Waals surface area (Å²) in [7, 11) is -2.93. The van der Waals surface area contributed by atoms with Crippen molar-refractivity contribution in [3.63, 3.8) is 0 Å². The van der Waals surface area contributed by atoms with Crippen molar-refractivity contribution in [2.75, 3.05) is 13.2 Å². The van der Waals surface area contributed by atoms with Crippen LogP contribution in [0.25, 0.3) is 0 Å². The topological polar surface area (TPSA) is 49.8 Å². The first kappa shape index (κ1) is 22.8. The second kappa shape index (κ2) is 10.4. The van der Waals surface area contributed by atoms with Crippen LogP contribution in [0, 0.1) is 5.92 Å². The number of likely N-dealkylation sites (tertiary alicyclic amines) is 1. The summed E-state index contributed by atoms with van der Waals surface area (Å²) < 4.78 is 21.4. The number of hydrogen-bond acceptors (Lipinski definition) is 3. The number of nitrogens with zero attached hydrogens (tertiary/aromatic N) is 1. The summed E-state index contributed by atoms with van der Waals surface area (Å²) in [5.41, 5.74) is -0.128. The lowest BCUT2D eigenvalue weighted by molar-refractivity contribution is -0.135. The van der Waals surface area contributed by atoms with E-state index < -0.39 is 8.41 Å². The Morgan fingerprint density at radius 2 is 1.93 bits per heavy atom. The van der Waals surface area contributed by atoms with Crippen molar-refractivity contribution in [3.8, 4) is 0 Å². The number of hydrogen-bond donors (Lipinski definition) is 1. The third-order valence-corrected chi connectivity index (χ3v) is 9.05. The predicted molar refractivity (Wildman–Crippen MR) is 110 cm³/mol. The van der Waals surface area contributed by atoms with Gasteiger partial charge < -0.3 is 18.9 Å². The quantitative estimate of drug-likeness (QED) is 0.329. The number of aliphatic hydroxyl groups is 1. The third kappa shape index (κ3) is 6.01. The molecule has 0 unspecified atom stereocenters. The number of carbonyl (C=O) groups excluding carboxylic acids is 1. The first-order chi connectivity index (χ1) is 12.8. The van der Waals surface area contributed by atoms with E-state index in [4.69, 9.17) is 4.74 Å². The Kier molecular flexibility index (Phi) is 8.75. The molecule has 0 aromatic heterocycles. The zero-order valence-electron chi connectivity index (χ0n) is 17.8. The first-order valence-corrected chi connectivity index (χ1v) is 14.0. The van der Waals surface area contributed by atoms with Crippen LogP contribution in [0.1, 0.15) is 71.6 Å². The van der Waals surface area contributed by atoms with Crippen LogP contribution < -0.4 is 0 Å². The molecule has 2 saturated heterocycles. The minimum absolute atomic E-state index is 0.0147. The summed E-state index contributed by atoms with van der Waals surface area (Å²) in [5, 5.41) is 9.49. The lowest BCUT2D eigenvalue weighted by atomic mass is 9.95. The third-order valence-electron chi connectivity index (χ3n) is 6.57. The molecule has 6 heteroatoms. The number of aliphatic hydroxyl groups excluding tert-OH is 1. The van der Waals surface area contributed by atoms with Crippen LogP contribution in [0.15, 0.2) is 0 Å². The van der Waals surface area contributed by atoms with Crippen molar-refractivity contribution < 1.29 is 18.7 Å². The molecule has 2 aliphatic rings. The number of amides is 1. The fraction of sp³-hybridized carbons (Fsp3) is 0.952. The monoisotopic (exact) mass is 401 g/mol. The highest BCUT2D eigenvalue weighted by atomic mass is 28.4. The molecule has 27 heavy (non-hydrogen) atoms. The minimum atomic E-state index is -2.93. The molecule has 0 aromatic carbocycles. The van der Waals surface area contributed by atoms with Gasteiger partial charge in [0, 0.05) is 12.1 Å². The second-order valence-electron chi connectivity index (χ2n) is 9.14. The molecule has 0 aliphatic carbocycles. The lowest BCUT2D eigenvalue weighted by Crippen LogP contribution is -2.42. The average molecular weight is 402 g/mol. The van der Waals surface area contributed by atoms with Gasteiger partial charge in [-0.3, -0.25) is 4.79 Å². The molecule has 2 rings (SSSR count). The Balaban J connectivity index is 1.97. The maximum atomic E-state index is 15.1. The highest BCUT2D eigenvalue weighted by Crippen LogP contribution is 2.47. The standard InChI is InChI=1S/C21H40FNO3Si/c1-5-6-7-8-9-12-18-16(2)21(27(3,4)22)19(26-18)14-20(25)23-13-10-11-17(23)15-24/h16-19,21,24H,5-15H2,1-4H3/t16-,17+,18+,19-,21+/m1/s1. The summed E-state index contributed by atoms with van der Waals surface area (Å²) in [6, 6.07) is -0.0697. The summed E-state index contributed by atoms with van der Waals surface area (Å²) in [5.74, 6) is 0.198. The van der Waals surface area contributed by atoms with Gasteiger partial charge in [-0.05, 0) is 38.3 Å². The zero-order chi connectivity index (χ0) is 20.0.